The third kappa shape index (κ3) is 5.98. The van der Waals surface area contributed by atoms with Crippen LogP contribution in [0.2, 0.25) is 0 Å². The number of nitrogens with one attached hydrogen (secondary N) is 1. The number of nitrogens with zero attached hydrogens (tertiary/aromatic N) is 3. The van der Waals surface area contributed by atoms with Gasteiger partial charge in [0.15, 0.2) is 11.0 Å². The molecule has 3 rings (SSSR count). The quantitative estimate of drug-likeness (QED) is 0.312. The van der Waals surface area contributed by atoms with Crippen molar-refractivity contribution in [2.75, 3.05) is 11.1 Å². The van der Waals surface area contributed by atoms with E-state index in [4.69, 9.17) is 4.74 Å². The molecule has 1 amide bonds. The van der Waals surface area contributed by atoms with Crippen molar-refractivity contribution in [3.05, 3.63) is 76.0 Å². The summed E-state index contributed by atoms with van der Waals surface area (Å²) in [7, 11) is 0. The first-order valence-electron chi connectivity index (χ1n) is 9.80. The highest BCUT2D eigenvalue weighted by atomic mass is 79.9. The second-order valence-electron chi connectivity index (χ2n) is 7.08. The van der Waals surface area contributed by atoms with E-state index in [1.165, 1.54) is 17.3 Å². The first-order chi connectivity index (χ1) is 14.9. The van der Waals surface area contributed by atoms with Crippen molar-refractivity contribution < 1.29 is 9.53 Å². The maximum atomic E-state index is 12.4. The van der Waals surface area contributed by atoms with Crippen LogP contribution in [0, 0.1) is 20.8 Å². The van der Waals surface area contributed by atoms with Crippen LogP contribution < -0.4 is 10.1 Å². The van der Waals surface area contributed by atoms with E-state index in [1.54, 1.807) is 6.08 Å². The standard InChI is InChI=1S/C23H25BrN4O2S/c1-5-11-28-21(13-30-20-8-6-7-15(2)17(20)4)26-27-23(28)31-14-22(29)25-19-10-9-18(24)12-16(19)3/h5-10,12H,1,11,13-14H2,2-4H3,(H,25,29). The van der Waals surface area contributed by atoms with Gasteiger partial charge >= 0.3 is 0 Å². The van der Waals surface area contributed by atoms with Crippen LogP contribution in [0.25, 0.3) is 0 Å². The lowest BCUT2D eigenvalue weighted by atomic mass is 10.1. The predicted octanol–water partition coefficient (Wildman–Crippen LogP) is 5.46. The first kappa shape index (κ1) is 23.1. The number of halogens is 1. The number of ether oxygens (including phenoxy) is 1. The number of amides is 1. The van der Waals surface area contributed by atoms with Crippen molar-refractivity contribution >= 4 is 39.3 Å². The molecular formula is C23H25BrN4O2S. The molecule has 162 valence electrons. The molecule has 0 atom stereocenters. The predicted molar refractivity (Wildman–Crippen MR) is 129 cm³/mol. The fourth-order valence-electron chi connectivity index (χ4n) is 2.95. The molecule has 6 nitrogen and oxygen atoms in total. The zero-order valence-corrected chi connectivity index (χ0v) is 20.2. The lowest BCUT2D eigenvalue weighted by Gasteiger charge is -2.12. The van der Waals surface area contributed by atoms with Gasteiger partial charge in [0.05, 0.1) is 5.75 Å². The van der Waals surface area contributed by atoms with E-state index in [2.05, 4.69) is 51.0 Å². The van der Waals surface area contributed by atoms with Crippen molar-refractivity contribution in [1.82, 2.24) is 14.8 Å². The fraction of sp³-hybridized carbons (Fsp3) is 0.261. The van der Waals surface area contributed by atoms with E-state index in [1.807, 2.05) is 48.7 Å². The van der Waals surface area contributed by atoms with Crippen LogP contribution in [0.1, 0.15) is 22.5 Å². The zero-order valence-electron chi connectivity index (χ0n) is 17.8. The number of hydrogen-bond donors (Lipinski definition) is 1. The smallest absolute Gasteiger partial charge is 0.234 e. The summed E-state index contributed by atoms with van der Waals surface area (Å²) in [6, 6.07) is 11.7. The molecule has 31 heavy (non-hydrogen) atoms. The minimum Gasteiger partial charge on any atom is -0.485 e. The van der Waals surface area contributed by atoms with Gasteiger partial charge in [0.2, 0.25) is 5.91 Å². The molecule has 0 aliphatic rings. The highest BCUT2D eigenvalue weighted by Gasteiger charge is 2.15. The Labute approximate surface area is 195 Å². The molecule has 0 aliphatic carbocycles. The Morgan fingerprint density at radius 3 is 2.77 bits per heavy atom. The van der Waals surface area contributed by atoms with Gasteiger partial charge < -0.3 is 10.1 Å². The maximum absolute atomic E-state index is 12.4. The number of rotatable bonds is 9. The number of aryl methyl sites for hydroxylation is 2. The Hall–Kier alpha value is -2.58. The first-order valence-corrected chi connectivity index (χ1v) is 11.6. The highest BCUT2D eigenvalue weighted by Crippen LogP contribution is 2.24. The van der Waals surface area contributed by atoms with Crippen molar-refractivity contribution in [3.63, 3.8) is 0 Å². The number of thioether (sulfide) groups is 1. The molecule has 0 saturated carbocycles. The monoisotopic (exact) mass is 500 g/mol. The molecule has 0 bridgehead atoms. The van der Waals surface area contributed by atoms with Crippen molar-refractivity contribution in [2.45, 2.75) is 39.1 Å². The van der Waals surface area contributed by atoms with Crippen LogP contribution in [-0.4, -0.2) is 26.4 Å². The van der Waals surface area contributed by atoms with E-state index in [0.29, 0.717) is 17.5 Å². The number of allylic oxidation sites excluding steroid dienone is 1. The summed E-state index contributed by atoms with van der Waals surface area (Å²) in [5.41, 5.74) is 4.07. The van der Waals surface area contributed by atoms with Crippen molar-refractivity contribution in [2.24, 2.45) is 0 Å². The molecule has 1 heterocycles. The molecule has 0 radical (unpaired) electrons. The van der Waals surface area contributed by atoms with E-state index < -0.39 is 0 Å². The van der Waals surface area contributed by atoms with E-state index in [-0.39, 0.29) is 18.3 Å². The summed E-state index contributed by atoms with van der Waals surface area (Å²) in [5, 5.41) is 12.1. The second-order valence-corrected chi connectivity index (χ2v) is 8.94. The van der Waals surface area contributed by atoms with Gasteiger partial charge in [-0.15, -0.1) is 16.8 Å². The second kappa shape index (κ2) is 10.6. The van der Waals surface area contributed by atoms with Gasteiger partial charge in [-0.2, -0.15) is 0 Å². The van der Waals surface area contributed by atoms with E-state index in [9.17, 15) is 4.79 Å². The van der Waals surface area contributed by atoms with Crippen LogP contribution in [-0.2, 0) is 17.9 Å². The summed E-state index contributed by atoms with van der Waals surface area (Å²) >= 11 is 4.77. The normalized spacial score (nSPS) is 10.7. The van der Waals surface area contributed by atoms with Crippen LogP contribution in [0.5, 0.6) is 5.75 Å². The lowest BCUT2D eigenvalue weighted by Crippen LogP contribution is -2.15. The third-order valence-electron chi connectivity index (χ3n) is 4.81. The van der Waals surface area contributed by atoms with E-state index in [0.717, 1.165) is 27.0 Å². The Bertz CT molecular complexity index is 1100. The number of hydrogen-bond acceptors (Lipinski definition) is 5. The summed E-state index contributed by atoms with van der Waals surface area (Å²) in [5.74, 6) is 1.64. The molecule has 0 unspecified atom stereocenters. The number of anilines is 1. The highest BCUT2D eigenvalue weighted by molar-refractivity contribution is 9.10. The Morgan fingerprint density at radius 1 is 1.23 bits per heavy atom. The largest absolute Gasteiger partial charge is 0.485 e. The molecule has 8 heteroatoms. The number of benzene rings is 2. The van der Waals surface area contributed by atoms with Gasteiger partial charge in [0.25, 0.3) is 0 Å². The zero-order chi connectivity index (χ0) is 22.4. The molecule has 0 saturated heterocycles. The minimum atomic E-state index is -0.100. The molecule has 1 N–H and O–H groups in total. The Balaban J connectivity index is 1.64. The average Bonchev–Trinajstić information content (AvgIpc) is 3.11. The molecular weight excluding hydrogens is 476 g/mol. The summed E-state index contributed by atoms with van der Waals surface area (Å²) in [4.78, 5) is 12.4. The van der Waals surface area contributed by atoms with Gasteiger partial charge in [-0.05, 0) is 61.7 Å². The fourth-order valence-corrected chi connectivity index (χ4v) is 4.19. The van der Waals surface area contributed by atoms with Gasteiger partial charge in [-0.25, -0.2) is 0 Å². The summed E-state index contributed by atoms with van der Waals surface area (Å²) in [6.45, 7) is 10.7. The summed E-state index contributed by atoms with van der Waals surface area (Å²) in [6.07, 6.45) is 1.78. The number of aromatic nitrogens is 3. The van der Waals surface area contributed by atoms with Crippen LogP contribution in [0.3, 0.4) is 0 Å². The molecule has 0 aliphatic heterocycles. The average molecular weight is 501 g/mol. The number of carbonyl (C=O) groups is 1. The van der Waals surface area contributed by atoms with Gasteiger partial charge in [0, 0.05) is 16.7 Å². The Kier molecular flexibility index (Phi) is 7.92. The molecule has 1 aromatic heterocycles. The molecule has 0 spiro atoms. The van der Waals surface area contributed by atoms with Gasteiger partial charge in [0.1, 0.15) is 12.4 Å². The lowest BCUT2D eigenvalue weighted by molar-refractivity contribution is -0.113. The van der Waals surface area contributed by atoms with Gasteiger partial charge in [-0.3, -0.25) is 9.36 Å². The SMILES string of the molecule is C=CCn1c(COc2cccc(C)c2C)nnc1SCC(=O)Nc1ccc(Br)cc1C. The number of carbonyl (C=O) groups excluding carboxylic acids is 1. The molecule has 3 aromatic rings. The van der Waals surface area contributed by atoms with Crippen molar-refractivity contribution in [1.29, 1.82) is 0 Å². The maximum Gasteiger partial charge on any atom is 0.234 e. The molecule has 0 fully saturated rings. The Morgan fingerprint density at radius 2 is 2.03 bits per heavy atom. The van der Waals surface area contributed by atoms with E-state index >= 15 is 0 Å². The van der Waals surface area contributed by atoms with Crippen LogP contribution in [0.4, 0.5) is 5.69 Å². The third-order valence-corrected chi connectivity index (χ3v) is 6.27. The minimum absolute atomic E-state index is 0.100. The summed E-state index contributed by atoms with van der Waals surface area (Å²) < 4.78 is 8.88. The van der Waals surface area contributed by atoms with Crippen LogP contribution in [0.15, 0.2) is 58.7 Å². The van der Waals surface area contributed by atoms with Crippen molar-refractivity contribution in [3.8, 4) is 5.75 Å². The van der Waals surface area contributed by atoms with Gasteiger partial charge in [-0.1, -0.05) is 45.9 Å². The molecule has 2 aromatic carbocycles. The topological polar surface area (TPSA) is 69.0 Å². The van der Waals surface area contributed by atoms with Crippen LogP contribution >= 0.6 is 27.7 Å².